The van der Waals surface area contributed by atoms with Crippen LogP contribution in [0.1, 0.15) is 24.0 Å². The summed E-state index contributed by atoms with van der Waals surface area (Å²) in [5.74, 6) is 1.94. The quantitative estimate of drug-likeness (QED) is 0.912. The van der Waals surface area contributed by atoms with E-state index in [9.17, 15) is 0 Å². The van der Waals surface area contributed by atoms with Gasteiger partial charge in [-0.15, -0.1) is 0 Å². The average Bonchev–Trinajstić information content (AvgIpc) is 2.92. The number of nitrogens with one attached hydrogen (secondary N) is 1. The highest BCUT2D eigenvalue weighted by atomic mass is 79.9. The van der Waals surface area contributed by atoms with Crippen molar-refractivity contribution in [3.05, 3.63) is 46.7 Å². The van der Waals surface area contributed by atoms with Crippen LogP contribution in [0.4, 0.5) is 0 Å². The Morgan fingerprint density at radius 1 is 1.31 bits per heavy atom. The summed E-state index contributed by atoms with van der Waals surface area (Å²) in [5, 5.41) is 3.24. The second kappa shape index (κ2) is 5.37. The van der Waals surface area contributed by atoms with E-state index < -0.39 is 0 Å². The van der Waals surface area contributed by atoms with Gasteiger partial charge >= 0.3 is 0 Å². The molecule has 2 rings (SSSR count). The van der Waals surface area contributed by atoms with Crippen molar-refractivity contribution in [1.29, 1.82) is 0 Å². The lowest BCUT2D eigenvalue weighted by Crippen LogP contribution is -2.16. The highest BCUT2D eigenvalue weighted by Crippen LogP contribution is 2.27. The van der Waals surface area contributed by atoms with Gasteiger partial charge in [0.25, 0.3) is 0 Å². The fourth-order valence-corrected chi connectivity index (χ4v) is 2.18. The zero-order chi connectivity index (χ0) is 11.4. The summed E-state index contributed by atoms with van der Waals surface area (Å²) in [4.78, 5) is 0. The predicted octanol–water partition coefficient (Wildman–Crippen LogP) is 3.53. The zero-order valence-electron chi connectivity index (χ0n) is 9.07. The highest BCUT2D eigenvalue weighted by molar-refractivity contribution is 9.10. The Balaban J connectivity index is 1.99. The summed E-state index contributed by atoms with van der Waals surface area (Å²) >= 11 is 3.47. The topological polar surface area (TPSA) is 38.3 Å². The van der Waals surface area contributed by atoms with E-state index in [0.29, 0.717) is 0 Å². The SMILES string of the molecule is CNC(CCc1ccco1)c1occc1Br. The fourth-order valence-electron chi connectivity index (χ4n) is 1.70. The van der Waals surface area contributed by atoms with Crippen molar-refractivity contribution in [3.8, 4) is 0 Å². The molecule has 3 nitrogen and oxygen atoms in total. The lowest BCUT2D eigenvalue weighted by Gasteiger charge is -2.13. The molecular weight excluding hydrogens is 270 g/mol. The molecule has 2 aromatic heterocycles. The van der Waals surface area contributed by atoms with Crippen LogP contribution in [0.5, 0.6) is 0 Å². The van der Waals surface area contributed by atoms with Crippen molar-refractivity contribution in [2.24, 2.45) is 0 Å². The van der Waals surface area contributed by atoms with Crippen LogP contribution in [-0.4, -0.2) is 7.05 Å². The van der Waals surface area contributed by atoms with E-state index in [1.165, 1.54) is 0 Å². The van der Waals surface area contributed by atoms with Crippen molar-refractivity contribution in [2.45, 2.75) is 18.9 Å². The molecule has 86 valence electrons. The van der Waals surface area contributed by atoms with Crippen LogP contribution in [-0.2, 0) is 6.42 Å². The molecule has 2 heterocycles. The van der Waals surface area contributed by atoms with Crippen LogP contribution >= 0.6 is 15.9 Å². The van der Waals surface area contributed by atoms with E-state index in [4.69, 9.17) is 8.83 Å². The van der Waals surface area contributed by atoms with Gasteiger partial charge in [0.15, 0.2) is 0 Å². The minimum atomic E-state index is 0.203. The first-order chi connectivity index (χ1) is 7.81. The molecule has 0 aliphatic carbocycles. The minimum Gasteiger partial charge on any atom is -0.469 e. The molecule has 0 saturated carbocycles. The molecule has 0 amide bonds. The van der Waals surface area contributed by atoms with Gasteiger partial charge in [0.1, 0.15) is 11.5 Å². The van der Waals surface area contributed by atoms with Crippen LogP contribution in [0.15, 0.2) is 44.0 Å². The summed E-state index contributed by atoms with van der Waals surface area (Å²) in [6, 6.07) is 6.01. The standard InChI is InChI=1S/C12H14BrNO2/c1-14-11(12-10(13)6-8-16-12)5-4-9-3-2-7-15-9/h2-3,6-8,11,14H,4-5H2,1H3. The first kappa shape index (κ1) is 11.5. The maximum atomic E-state index is 5.45. The van der Waals surface area contributed by atoms with Gasteiger partial charge in [-0.05, 0) is 47.6 Å². The van der Waals surface area contributed by atoms with Gasteiger partial charge in [-0.1, -0.05) is 0 Å². The van der Waals surface area contributed by atoms with Gasteiger partial charge in [-0.3, -0.25) is 0 Å². The molecule has 4 heteroatoms. The maximum absolute atomic E-state index is 5.45. The molecule has 0 aliphatic heterocycles. The Morgan fingerprint density at radius 2 is 2.19 bits per heavy atom. The second-order valence-electron chi connectivity index (χ2n) is 3.59. The molecule has 0 saturated heterocycles. The number of rotatable bonds is 5. The fraction of sp³-hybridized carbons (Fsp3) is 0.333. The van der Waals surface area contributed by atoms with Crippen LogP contribution in [0, 0.1) is 0 Å². The molecule has 0 aliphatic rings. The Hall–Kier alpha value is -1.00. The van der Waals surface area contributed by atoms with Crippen LogP contribution in [0.2, 0.25) is 0 Å². The first-order valence-electron chi connectivity index (χ1n) is 5.24. The van der Waals surface area contributed by atoms with Gasteiger partial charge in [-0.2, -0.15) is 0 Å². The smallest absolute Gasteiger partial charge is 0.134 e. The molecule has 1 unspecified atom stereocenters. The second-order valence-corrected chi connectivity index (χ2v) is 4.45. The van der Waals surface area contributed by atoms with Crippen LogP contribution in [0.3, 0.4) is 0 Å². The van der Waals surface area contributed by atoms with Crippen molar-refractivity contribution in [1.82, 2.24) is 5.32 Å². The molecule has 1 N–H and O–H groups in total. The van der Waals surface area contributed by atoms with Crippen molar-refractivity contribution < 1.29 is 8.83 Å². The van der Waals surface area contributed by atoms with Crippen molar-refractivity contribution in [2.75, 3.05) is 7.05 Å². The first-order valence-corrected chi connectivity index (χ1v) is 6.03. The molecule has 0 bridgehead atoms. The number of halogens is 1. The molecule has 0 radical (unpaired) electrons. The Bertz CT molecular complexity index is 422. The third kappa shape index (κ3) is 2.57. The monoisotopic (exact) mass is 283 g/mol. The summed E-state index contributed by atoms with van der Waals surface area (Å²) in [5.41, 5.74) is 0. The molecular formula is C12H14BrNO2. The molecule has 0 spiro atoms. The van der Waals surface area contributed by atoms with Crippen molar-refractivity contribution >= 4 is 15.9 Å². The predicted molar refractivity (Wildman–Crippen MR) is 65.2 cm³/mol. The van der Waals surface area contributed by atoms with E-state index >= 15 is 0 Å². The Morgan fingerprint density at radius 3 is 2.75 bits per heavy atom. The van der Waals surface area contributed by atoms with E-state index in [1.54, 1.807) is 12.5 Å². The third-order valence-electron chi connectivity index (χ3n) is 2.57. The normalized spacial score (nSPS) is 12.9. The Kier molecular flexibility index (Phi) is 3.85. The van der Waals surface area contributed by atoms with E-state index in [-0.39, 0.29) is 6.04 Å². The summed E-state index contributed by atoms with van der Waals surface area (Å²) < 4.78 is 11.8. The van der Waals surface area contributed by atoms with Gasteiger partial charge in [-0.25, -0.2) is 0 Å². The lowest BCUT2D eigenvalue weighted by atomic mass is 10.1. The largest absolute Gasteiger partial charge is 0.469 e. The van der Waals surface area contributed by atoms with E-state index in [0.717, 1.165) is 28.8 Å². The molecule has 2 aromatic rings. The molecule has 0 aromatic carbocycles. The number of furan rings is 2. The van der Waals surface area contributed by atoms with Gasteiger partial charge in [0.05, 0.1) is 23.0 Å². The van der Waals surface area contributed by atoms with Crippen molar-refractivity contribution in [3.63, 3.8) is 0 Å². The van der Waals surface area contributed by atoms with E-state index in [2.05, 4.69) is 21.2 Å². The summed E-state index contributed by atoms with van der Waals surface area (Å²) in [7, 11) is 1.93. The third-order valence-corrected chi connectivity index (χ3v) is 3.22. The van der Waals surface area contributed by atoms with Crippen LogP contribution in [0.25, 0.3) is 0 Å². The Labute approximate surface area is 103 Å². The van der Waals surface area contributed by atoms with Gasteiger partial charge < -0.3 is 14.2 Å². The van der Waals surface area contributed by atoms with Gasteiger partial charge in [0.2, 0.25) is 0 Å². The van der Waals surface area contributed by atoms with Gasteiger partial charge in [0, 0.05) is 6.42 Å². The average molecular weight is 284 g/mol. The minimum absolute atomic E-state index is 0.203. The zero-order valence-corrected chi connectivity index (χ0v) is 10.7. The number of aryl methyl sites for hydroxylation is 1. The number of hydrogen-bond donors (Lipinski definition) is 1. The van der Waals surface area contributed by atoms with E-state index in [1.807, 2.05) is 25.2 Å². The maximum Gasteiger partial charge on any atom is 0.134 e. The summed E-state index contributed by atoms with van der Waals surface area (Å²) in [6.07, 6.45) is 5.23. The number of hydrogen-bond acceptors (Lipinski definition) is 3. The van der Waals surface area contributed by atoms with Crippen LogP contribution < -0.4 is 5.32 Å². The summed E-state index contributed by atoms with van der Waals surface area (Å²) in [6.45, 7) is 0. The highest BCUT2D eigenvalue weighted by Gasteiger charge is 2.16. The lowest BCUT2D eigenvalue weighted by molar-refractivity contribution is 0.399. The molecule has 0 fully saturated rings. The molecule has 1 atom stereocenters. The molecule has 16 heavy (non-hydrogen) atoms.